The number of hydrogen-bond donors (Lipinski definition) is 2. The van der Waals surface area contributed by atoms with Gasteiger partial charge in [-0.3, -0.25) is 0 Å². The number of piperidine rings is 1. The zero-order valence-electron chi connectivity index (χ0n) is 13.6. The van der Waals surface area contributed by atoms with E-state index in [1.165, 1.54) is 24.1 Å². The summed E-state index contributed by atoms with van der Waals surface area (Å²) >= 11 is 0. The highest BCUT2D eigenvalue weighted by molar-refractivity contribution is 5.49. The van der Waals surface area contributed by atoms with E-state index in [0.29, 0.717) is 5.75 Å². The van der Waals surface area contributed by atoms with Crippen molar-refractivity contribution < 1.29 is 5.11 Å². The number of aromatic hydroxyl groups is 1. The number of phenolic OH excluding ortho intramolecular Hbond substituents is 1. The average molecular weight is 310 g/mol. The third-order valence-corrected chi connectivity index (χ3v) is 4.67. The molecular weight excluding hydrogens is 284 g/mol. The van der Waals surface area contributed by atoms with Crippen molar-refractivity contribution in [3.8, 4) is 5.75 Å². The molecule has 0 aliphatic carbocycles. The Hall–Kier alpha value is -2.00. The number of rotatable bonds is 6. The van der Waals surface area contributed by atoms with Gasteiger partial charge in [0.15, 0.2) is 0 Å². The van der Waals surface area contributed by atoms with Crippen LogP contribution in [0.2, 0.25) is 0 Å². The Bertz CT molecular complexity index is 576. The number of benzene rings is 2. The lowest BCUT2D eigenvalue weighted by atomic mass is 9.97. The first kappa shape index (κ1) is 15.9. The molecule has 0 aromatic heterocycles. The smallest absolute Gasteiger partial charge is 0.115 e. The van der Waals surface area contributed by atoms with Crippen LogP contribution < -0.4 is 10.2 Å². The maximum atomic E-state index is 9.54. The fraction of sp³-hybridized carbons (Fsp3) is 0.400. The lowest BCUT2D eigenvalue weighted by molar-refractivity contribution is 0.373. The van der Waals surface area contributed by atoms with Crippen LogP contribution in [0.15, 0.2) is 54.6 Å². The Balaban J connectivity index is 1.68. The minimum absolute atomic E-state index is 0.332. The summed E-state index contributed by atoms with van der Waals surface area (Å²) in [5.41, 5.74) is 2.58. The molecule has 0 saturated carbocycles. The Kier molecular flexibility index (Phi) is 5.54. The molecule has 2 aromatic rings. The first-order valence-corrected chi connectivity index (χ1v) is 8.60. The molecule has 1 fully saturated rings. The van der Waals surface area contributed by atoms with Crippen LogP contribution in [0.5, 0.6) is 5.75 Å². The van der Waals surface area contributed by atoms with E-state index >= 15 is 0 Å². The summed E-state index contributed by atoms with van der Waals surface area (Å²) < 4.78 is 0. The molecule has 1 aliphatic heterocycles. The highest BCUT2D eigenvalue weighted by atomic mass is 16.3. The van der Waals surface area contributed by atoms with E-state index in [-0.39, 0.29) is 0 Å². The number of phenols is 1. The molecule has 0 unspecified atom stereocenters. The van der Waals surface area contributed by atoms with E-state index in [9.17, 15) is 5.11 Å². The van der Waals surface area contributed by atoms with Gasteiger partial charge in [0.25, 0.3) is 0 Å². The molecule has 23 heavy (non-hydrogen) atoms. The molecule has 1 aliphatic rings. The molecule has 2 N–H and O–H groups in total. The first-order chi connectivity index (χ1) is 11.3. The molecule has 1 heterocycles. The van der Waals surface area contributed by atoms with Crippen molar-refractivity contribution in [2.45, 2.75) is 19.3 Å². The van der Waals surface area contributed by atoms with Gasteiger partial charge in [0.1, 0.15) is 5.75 Å². The second-order valence-corrected chi connectivity index (χ2v) is 6.39. The van der Waals surface area contributed by atoms with Crippen LogP contribution in [-0.2, 0) is 6.42 Å². The summed E-state index contributed by atoms with van der Waals surface area (Å²) in [7, 11) is 0. The van der Waals surface area contributed by atoms with Crippen molar-refractivity contribution in [2.24, 2.45) is 5.92 Å². The highest BCUT2D eigenvalue weighted by Gasteiger charge is 2.17. The minimum Gasteiger partial charge on any atom is -0.508 e. The molecule has 0 amide bonds. The second kappa shape index (κ2) is 8.02. The zero-order valence-corrected chi connectivity index (χ0v) is 13.6. The monoisotopic (exact) mass is 310 g/mol. The van der Waals surface area contributed by atoms with Crippen LogP contribution in [-0.4, -0.2) is 31.3 Å². The predicted octanol–water partition coefficient (Wildman–Crippen LogP) is 3.44. The van der Waals surface area contributed by atoms with Gasteiger partial charge in [0.05, 0.1) is 0 Å². The maximum absolute atomic E-state index is 9.54. The maximum Gasteiger partial charge on any atom is 0.115 e. The summed E-state index contributed by atoms with van der Waals surface area (Å²) in [6, 6.07) is 18.3. The van der Waals surface area contributed by atoms with Crippen molar-refractivity contribution in [3.05, 3.63) is 60.2 Å². The van der Waals surface area contributed by atoms with Gasteiger partial charge in [-0.2, -0.15) is 0 Å². The van der Waals surface area contributed by atoms with Gasteiger partial charge in [-0.05, 0) is 68.1 Å². The molecule has 122 valence electrons. The van der Waals surface area contributed by atoms with Gasteiger partial charge in [-0.1, -0.05) is 30.3 Å². The lowest BCUT2D eigenvalue weighted by Crippen LogP contribution is -2.37. The van der Waals surface area contributed by atoms with Gasteiger partial charge in [0.2, 0.25) is 0 Å². The molecule has 0 bridgehead atoms. The number of anilines is 1. The van der Waals surface area contributed by atoms with Crippen LogP contribution in [0.25, 0.3) is 0 Å². The van der Waals surface area contributed by atoms with Crippen LogP contribution in [0.4, 0.5) is 5.69 Å². The molecule has 1 saturated heterocycles. The quantitative estimate of drug-likeness (QED) is 0.858. The van der Waals surface area contributed by atoms with E-state index in [1.54, 1.807) is 12.1 Å². The summed E-state index contributed by atoms with van der Waals surface area (Å²) in [6.45, 7) is 4.37. The zero-order chi connectivity index (χ0) is 15.9. The van der Waals surface area contributed by atoms with Gasteiger partial charge in [-0.25, -0.2) is 0 Å². The topological polar surface area (TPSA) is 35.5 Å². The van der Waals surface area contributed by atoms with Gasteiger partial charge in [-0.15, -0.1) is 0 Å². The number of hydrogen-bond acceptors (Lipinski definition) is 3. The lowest BCUT2D eigenvalue weighted by Gasteiger charge is -2.32. The average Bonchev–Trinajstić information content (AvgIpc) is 2.61. The summed E-state index contributed by atoms with van der Waals surface area (Å²) in [4.78, 5) is 2.47. The number of nitrogens with zero attached hydrogens (tertiary/aromatic N) is 1. The molecule has 0 radical (unpaired) electrons. The van der Waals surface area contributed by atoms with Crippen LogP contribution >= 0.6 is 0 Å². The van der Waals surface area contributed by atoms with E-state index in [4.69, 9.17) is 0 Å². The Labute approximate surface area is 139 Å². The highest BCUT2D eigenvalue weighted by Crippen LogP contribution is 2.22. The largest absolute Gasteiger partial charge is 0.508 e. The van der Waals surface area contributed by atoms with Crippen LogP contribution in [0.3, 0.4) is 0 Å². The second-order valence-electron chi connectivity index (χ2n) is 6.39. The van der Waals surface area contributed by atoms with E-state index in [1.807, 2.05) is 12.1 Å². The number of nitrogens with one attached hydrogen (secondary N) is 1. The minimum atomic E-state index is 0.332. The van der Waals surface area contributed by atoms with E-state index < -0.39 is 0 Å². The van der Waals surface area contributed by atoms with Crippen molar-refractivity contribution in [3.63, 3.8) is 0 Å². The molecule has 0 atom stereocenters. The van der Waals surface area contributed by atoms with Crippen molar-refractivity contribution in [1.29, 1.82) is 0 Å². The van der Waals surface area contributed by atoms with Crippen LogP contribution in [0.1, 0.15) is 18.4 Å². The third-order valence-electron chi connectivity index (χ3n) is 4.67. The molecule has 2 aromatic carbocycles. The molecular formula is C20H26N2O. The van der Waals surface area contributed by atoms with Gasteiger partial charge < -0.3 is 15.3 Å². The molecule has 3 heteroatoms. The van der Waals surface area contributed by atoms with Gasteiger partial charge >= 0.3 is 0 Å². The van der Waals surface area contributed by atoms with Gasteiger partial charge in [0, 0.05) is 18.8 Å². The standard InChI is InChI=1S/C20H26N2O/c23-20-8-6-19(7-9-20)22(16-18-10-13-21-14-11-18)15-12-17-4-2-1-3-5-17/h1-9,18,21,23H,10-16H2. The SMILES string of the molecule is Oc1ccc(N(CCc2ccccc2)CC2CCNCC2)cc1. The Morgan fingerprint density at radius 1 is 0.957 bits per heavy atom. The first-order valence-electron chi connectivity index (χ1n) is 8.60. The summed E-state index contributed by atoms with van der Waals surface area (Å²) in [5.74, 6) is 1.08. The van der Waals surface area contributed by atoms with Crippen molar-refractivity contribution in [2.75, 3.05) is 31.1 Å². The normalized spacial score (nSPS) is 15.5. The molecule has 3 rings (SSSR count). The summed E-state index contributed by atoms with van der Waals surface area (Å²) in [5, 5.41) is 13.0. The van der Waals surface area contributed by atoms with E-state index in [0.717, 1.165) is 38.5 Å². The summed E-state index contributed by atoms with van der Waals surface area (Å²) in [6.07, 6.45) is 3.55. The van der Waals surface area contributed by atoms with Crippen molar-refractivity contribution >= 4 is 5.69 Å². The predicted molar refractivity (Wildman–Crippen MR) is 96.1 cm³/mol. The Morgan fingerprint density at radius 3 is 2.35 bits per heavy atom. The fourth-order valence-electron chi connectivity index (χ4n) is 3.27. The van der Waals surface area contributed by atoms with Crippen LogP contribution in [0, 0.1) is 5.92 Å². The van der Waals surface area contributed by atoms with E-state index in [2.05, 4.69) is 40.5 Å². The molecule has 3 nitrogen and oxygen atoms in total. The van der Waals surface area contributed by atoms with Crippen molar-refractivity contribution in [1.82, 2.24) is 5.32 Å². The fourth-order valence-corrected chi connectivity index (χ4v) is 3.27. The Morgan fingerprint density at radius 2 is 1.65 bits per heavy atom. The third kappa shape index (κ3) is 4.73. The molecule has 0 spiro atoms.